The number of likely N-dealkylation sites (N-methyl/N-ethyl adjacent to an activating group) is 1. The van der Waals surface area contributed by atoms with Crippen molar-refractivity contribution in [3.8, 4) is 0 Å². The van der Waals surface area contributed by atoms with Crippen LogP contribution in [0.4, 0.5) is 5.82 Å². The van der Waals surface area contributed by atoms with Gasteiger partial charge < -0.3 is 10.3 Å². The minimum Gasteiger partial charge on any atom is -0.306 e. The molecule has 1 fully saturated rings. The summed E-state index contributed by atoms with van der Waals surface area (Å²) < 4.78 is 28.6. The van der Waals surface area contributed by atoms with Gasteiger partial charge in [-0.05, 0) is 7.05 Å². The molecule has 1 aliphatic rings. The highest BCUT2D eigenvalue weighted by Gasteiger charge is 2.33. The van der Waals surface area contributed by atoms with Crippen LogP contribution in [0, 0.1) is 0 Å². The number of anilines is 1. The number of aromatic nitrogens is 2. The van der Waals surface area contributed by atoms with E-state index in [0.717, 1.165) is 13.1 Å². The lowest BCUT2D eigenvalue weighted by Crippen LogP contribution is -2.47. The van der Waals surface area contributed by atoms with E-state index in [4.69, 9.17) is 5.84 Å². The molecular weight excluding hydrogens is 300 g/mol. The van der Waals surface area contributed by atoms with Crippen molar-refractivity contribution in [1.29, 1.82) is 0 Å². The molecular formula is C10H16N6O2S2. The fourth-order valence-corrected chi connectivity index (χ4v) is 4.66. The van der Waals surface area contributed by atoms with E-state index in [9.17, 15) is 8.42 Å². The summed E-state index contributed by atoms with van der Waals surface area (Å²) in [5.41, 5.74) is 2.38. The Bertz CT molecular complexity index is 713. The van der Waals surface area contributed by atoms with Crippen molar-refractivity contribution in [3.63, 3.8) is 0 Å². The fraction of sp³-hybridized carbons (Fsp3) is 0.500. The van der Waals surface area contributed by atoms with Crippen molar-refractivity contribution in [1.82, 2.24) is 18.6 Å². The number of imidazole rings is 1. The summed E-state index contributed by atoms with van der Waals surface area (Å²) in [5, 5.41) is 1.91. The summed E-state index contributed by atoms with van der Waals surface area (Å²) in [7, 11) is -1.63. The molecule has 0 aromatic carbocycles. The highest BCUT2D eigenvalue weighted by Crippen LogP contribution is 2.28. The van der Waals surface area contributed by atoms with Crippen molar-refractivity contribution < 1.29 is 8.42 Å². The first kappa shape index (κ1) is 13.8. The highest BCUT2D eigenvalue weighted by atomic mass is 32.2. The normalized spacial score (nSPS) is 18.7. The first-order chi connectivity index (χ1) is 9.54. The molecule has 2 aromatic rings. The Balaban J connectivity index is 2.06. The van der Waals surface area contributed by atoms with Crippen LogP contribution in [0.1, 0.15) is 0 Å². The van der Waals surface area contributed by atoms with Crippen LogP contribution in [-0.2, 0) is 10.0 Å². The standard InChI is InChI=1S/C10H16N6O2S2/c1-14-2-4-15(5-3-14)20(17,18)9-8(13-11)12-10-16(9)6-7-19-10/h6-7,13H,2-5,11H2,1H3. The number of hydrogen-bond donors (Lipinski definition) is 2. The molecule has 1 saturated heterocycles. The number of thiazole rings is 1. The first-order valence-electron chi connectivity index (χ1n) is 6.15. The summed E-state index contributed by atoms with van der Waals surface area (Å²) in [6.07, 6.45) is 1.69. The minimum absolute atomic E-state index is 0.112. The lowest BCUT2D eigenvalue weighted by Gasteiger charge is -2.31. The summed E-state index contributed by atoms with van der Waals surface area (Å²) >= 11 is 1.37. The van der Waals surface area contributed by atoms with E-state index >= 15 is 0 Å². The summed E-state index contributed by atoms with van der Waals surface area (Å²) in [5.74, 6) is 5.60. The number of nitrogens with one attached hydrogen (secondary N) is 1. The third-order valence-electron chi connectivity index (χ3n) is 3.40. The van der Waals surface area contributed by atoms with Crippen LogP contribution in [-0.4, -0.2) is 60.2 Å². The zero-order chi connectivity index (χ0) is 14.3. The highest BCUT2D eigenvalue weighted by molar-refractivity contribution is 7.89. The molecule has 3 rings (SSSR count). The van der Waals surface area contributed by atoms with Gasteiger partial charge in [-0.15, -0.1) is 11.3 Å². The molecule has 8 nitrogen and oxygen atoms in total. The van der Waals surface area contributed by atoms with Gasteiger partial charge in [0.25, 0.3) is 10.0 Å². The maximum absolute atomic E-state index is 12.8. The van der Waals surface area contributed by atoms with E-state index in [1.165, 1.54) is 15.6 Å². The smallest absolute Gasteiger partial charge is 0.263 e. The molecule has 110 valence electrons. The molecule has 0 saturated carbocycles. The van der Waals surface area contributed by atoms with Crippen LogP contribution in [0.25, 0.3) is 4.96 Å². The molecule has 10 heteroatoms. The molecule has 2 aromatic heterocycles. The van der Waals surface area contributed by atoms with E-state index in [0.29, 0.717) is 18.1 Å². The third kappa shape index (κ3) is 2.09. The zero-order valence-electron chi connectivity index (χ0n) is 11.0. The Kier molecular flexibility index (Phi) is 3.42. The first-order valence-corrected chi connectivity index (χ1v) is 8.47. The number of nitrogens with two attached hydrogens (primary N) is 1. The van der Waals surface area contributed by atoms with Gasteiger partial charge in [-0.2, -0.15) is 9.29 Å². The van der Waals surface area contributed by atoms with Gasteiger partial charge >= 0.3 is 0 Å². The third-order valence-corrected chi connectivity index (χ3v) is 6.08. The van der Waals surface area contributed by atoms with E-state index in [1.54, 1.807) is 16.0 Å². The molecule has 3 N–H and O–H groups in total. The van der Waals surface area contributed by atoms with E-state index < -0.39 is 10.0 Å². The quantitative estimate of drug-likeness (QED) is 0.592. The van der Waals surface area contributed by atoms with Gasteiger partial charge in [0.1, 0.15) is 0 Å². The largest absolute Gasteiger partial charge is 0.306 e. The van der Waals surface area contributed by atoms with Crippen LogP contribution in [0.3, 0.4) is 0 Å². The average molecular weight is 316 g/mol. The van der Waals surface area contributed by atoms with Crippen molar-refractivity contribution in [2.24, 2.45) is 5.84 Å². The second kappa shape index (κ2) is 4.97. The number of rotatable bonds is 3. The monoisotopic (exact) mass is 316 g/mol. The van der Waals surface area contributed by atoms with Gasteiger partial charge in [0.05, 0.1) is 0 Å². The predicted octanol–water partition coefficient (Wildman–Crippen LogP) is -0.382. The number of piperazine rings is 1. The molecule has 20 heavy (non-hydrogen) atoms. The van der Waals surface area contributed by atoms with Crippen LogP contribution in [0.15, 0.2) is 16.6 Å². The molecule has 3 heterocycles. The average Bonchev–Trinajstić information content (AvgIpc) is 2.98. The van der Waals surface area contributed by atoms with Gasteiger partial charge in [0.15, 0.2) is 10.8 Å². The van der Waals surface area contributed by atoms with Crippen molar-refractivity contribution in [2.75, 3.05) is 38.7 Å². The number of fused-ring (bicyclic) bond motifs is 1. The molecule has 0 bridgehead atoms. The number of sulfonamides is 1. The molecule has 0 spiro atoms. The number of nitrogens with zero attached hydrogens (tertiary/aromatic N) is 4. The van der Waals surface area contributed by atoms with Crippen LogP contribution in [0.2, 0.25) is 0 Å². The topological polar surface area (TPSA) is 96.0 Å². The SMILES string of the molecule is CN1CCN(S(=O)(=O)c2c(NN)nc3sccn23)CC1. The maximum Gasteiger partial charge on any atom is 0.263 e. The van der Waals surface area contributed by atoms with Crippen LogP contribution < -0.4 is 11.3 Å². The Morgan fingerprint density at radius 2 is 2.05 bits per heavy atom. The Labute approximate surface area is 120 Å². The molecule has 0 amide bonds. The maximum atomic E-state index is 12.8. The Hall–Kier alpha value is -1.20. The number of hydrazine groups is 1. The van der Waals surface area contributed by atoms with Gasteiger partial charge in [-0.3, -0.25) is 4.40 Å². The second-order valence-corrected chi connectivity index (χ2v) is 7.40. The lowest BCUT2D eigenvalue weighted by atomic mass is 10.4. The molecule has 0 unspecified atom stereocenters. The fourth-order valence-electron chi connectivity index (χ4n) is 2.26. The minimum atomic E-state index is -3.61. The van der Waals surface area contributed by atoms with E-state index in [1.807, 2.05) is 7.05 Å². The van der Waals surface area contributed by atoms with E-state index in [-0.39, 0.29) is 10.8 Å². The number of nitrogen functional groups attached to an aromatic ring is 1. The van der Waals surface area contributed by atoms with Crippen LogP contribution >= 0.6 is 11.3 Å². The van der Waals surface area contributed by atoms with Gasteiger partial charge in [0, 0.05) is 37.8 Å². The van der Waals surface area contributed by atoms with Crippen molar-refractivity contribution >= 4 is 32.1 Å². The zero-order valence-corrected chi connectivity index (χ0v) is 12.6. The number of hydrogen-bond acceptors (Lipinski definition) is 7. The van der Waals surface area contributed by atoms with Gasteiger partial charge in [-0.25, -0.2) is 14.3 Å². The summed E-state index contributed by atoms with van der Waals surface area (Å²) in [6.45, 7) is 2.38. The van der Waals surface area contributed by atoms with Crippen LogP contribution in [0.5, 0.6) is 0 Å². The van der Waals surface area contributed by atoms with Gasteiger partial charge in [0.2, 0.25) is 5.03 Å². The molecule has 0 atom stereocenters. The molecule has 0 aliphatic carbocycles. The lowest BCUT2D eigenvalue weighted by molar-refractivity contribution is 0.222. The summed E-state index contributed by atoms with van der Waals surface area (Å²) in [4.78, 5) is 6.90. The van der Waals surface area contributed by atoms with Gasteiger partial charge in [-0.1, -0.05) is 0 Å². The molecule has 1 aliphatic heterocycles. The Morgan fingerprint density at radius 3 is 2.70 bits per heavy atom. The second-order valence-electron chi connectivity index (χ2n) is 4.67. The van der Waals surface area contributed by atoms with Crippen molar-refractivity contribution in [3.05, 3.63) is 11.6 Å². The van der Waals surface area contributed by atoms with E-state index in [2.05, 4.69) is 15.3 Å². The molecule has 0 radical (unpaired) electrons. The summed E-state index contributed by atoms with van der Waals surface area (Å²) in [6, 6.07) is 0. The Morgan fingerprint density at radius 1 is 1.35 bits per heavy atom. The van der Waals surface area contributed by atoms with Crippen molar-refractivity contribution in [2.45, 2.75) is 5.03 Å². The predicted molar refractivity (Wildman–Crippen MR) is 77.1 cm³/mol.